The molecule has 0 aliphatic rings. The molecule has 1 aromatic rings. The van der Waals surface area contributed by atoms with Crippen LogP contribution in [0.1, 0.15) is 32.2 Å². The van der Waals surface area contributed by atoms with Crippen molar-refractivity contribution >= 4 is 5.69 Å². The number of aryl methyl sites for hydroxylation is 1. The fourth-order valence-corrected chi connectivity index (χ4v) is 1.67. The van der Waals surface area contributed by atoms with Crippen LogP contribution in [0.4, 0.5) is 5.69 Å². The SMILES string of the molecule is CCc1nn(CC(C)OC)c(CC)c1N. The molecule has 2 N–H and O–H groups in total. The molecule has 0 saturated carbocycles. The van der Waals surface area contributed by atoms with Crippen LogP contribution in [0.5, 0.6) is 0 Å². The van der Waals surface area contributed by atoms with E-state index in [9.17, 15) is 0 Å². The third-order valence-electron chi connectivity index (χ3n) is 2.68. The maximum atomic E-state index is 6.02. The number of rotatable bonds is 5. The highest BCUT2D eigenvalue weighted by Crippen LogP contribution is 2.18. The maximum Gasteiger partial charge on any atom is 0.0854 e. The summed E-state index contributed by atoms with van der Waals surface area (Å²) in [4.78, 5) is 0. The van der Waals surface area contributed by atoms with Gasteiger partial charge in [-0.15, -0.1) is 0 Å². The normalized spacial score (nSPS) is 13.1. The number of hydrogen-bond acceptors (Lipinski definition) is 3. The first-order chi connectivity index (χ1) is 7.13. The van der Waals surface area contributed by atoms with Gasteiger partial charge in [0.1, 0.15) is 0 Å². The summed E-state index contributed by atoms with van der Waals surface area (Å²) in [6.07, 6.45) is 1.96. The summed E-state index contributed by atoms with van der Waals surface area (Å²) < 4.78 is 7.21. The van der Waals surface area contributed by atoms with Gasteiger partial charge in [0, 0.05) is 7.11 Å². The zero-order valence-electron chi connectivity index (χ0n) is 10.1. The van der Waals surface area contributed by atoms with Gasteiger partial charge >= 0.3 is 0 Å². The topological polar surface area (TPSA) is 53.1 Å². The summed E-state index contributed by atoms with van der Waals surface area (Å²) in [5.41, 5.74) is 8.99. The summed E-state index contributed by atoms with van der Waals surface area (Å²) >= 11 is 0. The second-order valence-corrected chi connectivity index (χ2v) is 3.74. The van der Waals surface area contributed by atoms with E-state index in [-0.39, 0.29) is 6.10 Å². The predicted octanol–water partition coefficient (Wildman–Crippen LogP) is 1.62. The number of hydrogen-bond donors (Lipinski definition) is 1. The molecule has 0 aliphatic heterocycles. The molecule has 0 saturated heterocycles. The average molecular weight is 211 g/mol. The monoisotopic (exact) mass is 211 g/mol. The third kappa shape index (κ3) is 2.50. The van der Waals surface area contributed by atoms with Gasteiger partial charge in [-0.1, -0.05) is 13.8 Å². The van der Waals surface area contributed by atoms with E-state index in [2.05, 4.69) is 18.9 Å². The molecule has 4 heteroatoms. The van der Waals surface area contributed by atoms with Crippen molar-refractivity contribution in [1.29, 1.82) is 0 Å². The Balaban J connectivity index is 2.95. The molecule has 0 spiro atoms. The molecule has 4 nitrogen and oxygen atoms in total. The number of nitrogens with two attached hydrogens (primary N) is 1. The van der Waals surface area contributed by atoms with Crippen LogP contribution < -0.4 is 5.73 Å². The fraction of sp³-hybridized carbons (Fsp3) is 0.727. The molecule has 0 aromatic carbocycles. The molecule has 1 rings (SSSR count). The lowest BCUT2D eigenvalue weighted by Gasteiger charge is -2.11. The zero-order chi connectivity index (χ0) is 11.4. The Morgan fingerprint density at radius 2 is 2.07 bits per heavy atom. The van der Waals surface area contributed by atoms with Crippen LogP contribution in [-0.4, -0.2) is 23.0 Å². The number of methoxy groups -OCH3 is 1. The first-order valence-corrected chi connectivity index (χ1v) is 5.50. The van der Waals surface area contributed by atoms with Gasteiger partial charge in [-0.3, -0.25) is 4.68 Å². The molecule has 86 valence electrons. The Bertz CT molecular complexity index is 320. The summed E-state index contributed by atoms with van der Waals surface area (Å²) in [5, 5.41) is 4.50. The van der Waals surface area contributed by atoms with Gasteiger partial charge in [0.2, 0.25) is 0 Å². The van der Waals surface area contributed by atoms with E-state index in [4.69, 9.17) is 10.5 Å². The van der Waals surface area contributed by atoms with Crippen LogP contribution in [0.25, 0.3) is 0 Å². The van der Waals surface area contributed by atoms with Crippen molar-refractivity contribution < 1.29 is 4.74 Å². The van der Waals surface area contributed by atoms with E-state index in [0.29, 0.717) is 0 Å². The van der Waals surface area contributed by atoms with Crippen molar-refractivity contribution in [2.24, 2.45) is 0 Å². The minimum Gasteiger partial charge on any atom is -0.396 e. The molecule has 1 atom stereocenters. The molecule has 0 fully saturated rings. The molecule has 0 radical (unpaired) electrons. The molecule has 1 heterocycles. The quantitative estimate of drug-likeness (QED) is 0.805. The van der Waals surface area contributed by atoms with Crippen LogP contribution in [0.3, 0.4) is 0 Å². The van der Waals surface area contributed by atoms with E-state index in [1.807, 2.05) is 11.6 Å². The van der Waals surface area contributed by atoms with Crippen molar-refractivity contribution in [3.8, 4) is 0 Å². The minimum absolute atomic E-state index is 0.166. The Morgan fingerprint density at radius 1 is 1.40 bits per heavy atom. The molecule has 15 heavy (non-hydrogen) atoms. The zero-order valence-corrected chi connectivity index (χ0v) is 10.1. The average Bonchev–Trinajstić information content (AvgIpc) is 2.54. The van der Waals surface area contributed by atoms with E-state index in [0.717, 1.165) is 36.5 Å². The number of aromatic nitrogens is 2. The van der Waals surface area contributed by atoms with Gasteiger partial charge in [0.15, 0.2) is 0 Å². The highest BCUT2D eigenvalue weighted by atomic mass is 16.5. The standard InChI is InChI=1S/C11H21N3O/c1-5-9-11(12)10(6-2)14(13-9)7-8(3)15-4/h8H,5-7,12H2,1-4H3. The van der Waals surface area contributed by atoms with Gasteiger partial charge in [0.25, 0.3) is 0 Å². The molecular formula is C11H21N3O. The first-order valence-electron chi connectivity index (χ1n) is 5.50. The van der Waals surface area contributed by atoms with E-state index >= 15 is 0 Å². The number of ether oxygens (including phenoxy) is 1. The Morgan fingerprint density at radius 3 is 2.53 bits per heavy atom. The first kappa shape index (κ1) is 12.0. The van der Waals surface area contributed by atoms with E-state index in [1.54, 1.807) is 7.11 Å². The summed E-state index contributed by atoms with van der Waals surface area (Å²) in [5.74, 6) is 0. The molecule has 0 bridgehead atoms. The van der Waals surface area contributed by atoms with Crippen molar-refractivity contribution in [3.63, 3.8) is 0 Å². The molecule has 1 aromatic heterocycles. The van der Waals surface area contributed by atoms with Crippen LogP contribution in [0, 0.1) is 0 Å². The summed E-state index contributed by atoms with van der Waals surface area (Å²) in [7, 11) is 1.71. The lowest BCUT2D eigenvalue weighted by molar-refractivity contribution is 0.0989. The largest absolute Gasteiger partial charge is 0.396 e. The van der Waals surface area contributed by atoms with Crippen LogP contribution in [-0.2, 0) is 24.1 Å². The second-order valence-electron chi connectivity index (χ2n) is 3.74. The molecular weight excluding hydrogens is 190 g/mol. The van der Waals surface area contributed by atoms with Gasteiger partial charge in [-0.25, -0.2) is 0 Å². The van der Waals surface area contributed by atoms with Crippen molar-refractivity contribution in [2.75, 3.05) is 12.8 Å². The Kier molecular flexibility index (Phi) is 4.15. The highest BCUT2D eigenvalue weighted by Gasteiger charge is 2.13. The fourth-order valence-electron chi connectivity index (χ4n) is 1.67. The van der Waals surface area contributed by atoms with Gasteiger partial charge in [-0.05, 0) is 19.8 Å². The predicted molar refractivity (Wildman–Crippen MR) is 61.9 cm³/mol. The molecule has 0 aliphatic carbocycles. The van der Waals surface area contributed by atoms with Gasteiger partial charge < -0.3 is 10.5 Å². The second kappa shape index (κ2) is 5.16. The third-order valence-corrected chi connectivity index (χ3v) is 2.68. The van der Waals surface area contributed by atoms with Crippen LogP contribution in [0.15, 0.2) is 0 Å². The van der Waals surface area contributed by atoms with Crippen LogP contribution in [0.2, 0.25) is 0 Å². The molecule has 0 amide bonds. The lowest BCUT2D eigenvalue weighted by Crippen LogP contribution is -2.17. The Labute approximate surface area is 91.4 Å². The van der Waals surface area contributed by atoms with Gasteiger partial charge in [-0.2, -0.15) is 5.10 Å². The lowest BCUT2D eigenvalue weighted by atomic mass is 10.2. The van der Waals surface area contributed by atoms with Gasteiger partial charge in [0.05, 0.1) is 29.7 Å². The summed E-state index contributed by atoms with van der Waals surface area (Å²) in [6.45, 7) is 6.97. The maximum absolute atomic E-state index is 6.02. The molecule has 1 unspecified atom stereocenters. The van der Waals surface area contributed by atoms with Crippen LogP contribution >= 0.6 is 0 Å². The minimum atomic E-state index is 0.166. The van der Waals surface area contributed by atoms with Crippen molar-refractivity contribution in [3.05, 3.63) is 11.4 Å². The number of nitrogen functional groups attached to an aromatic ring is 1. The van der Waals surface area contributed by atoms with Crippen molar-refractivity contribution in [2.45, 2.75) is 46.3 Å². The van der Waals surface area contributed by atoms with E-state index < -0.39 is 0 Å². The smallest absolute Gasteiger partial charge is 0.0854 e. The Hall–Kier alpha value is -1.03. The van der Waals surface area contributed by atoms with Crippen molar-refractivity contribution in [1.82, 2.24) is 9.78 Å². The van der Waals surface area contributed by atoms with E-state index in [1.165, 1.54) is 0 Å². The highest BCUT2D eigenvalue weighted by molar-refractivity contribution is 5.48. The summed E-state index contributed by atoms with van der Waals surface area (Å²) in [6, 6.07) is 0. The number of anilines is 1. The number of nitrogens with zero attached hydrogens (tertiary/aromatic N) is 2.